The summed E-state index contributed by atoms with van der Waals surface area (Å²) < 4.78 is 8.73. The Morgan fingerprint density at radius 2 is 1.46 bits per heavy atom. The number of hydrogen-bond acceptors (Lipinski definition) is 1. The summed E-state index contributed by atoms with van der Waals surface area (Å²) >= 11 is 0. The molecule has 3 aromatic carbocycles. The maximum Gasteiger partial charge on any atom is 0.216 e. The van der Waals surface area contributed by atoms with Crippen molar-refractivity contribution in [2.45, 2.75) is 27.7 Å². The van der Waals surface area contributed by atoms with Crippen molar-refractivity contribution >= 4 is 32.7 Å². The first-order chi connectivity index (χ1) is 13.4. The van der Waals surface area contributed by atoms with Gasteiger partial charge in [0.1, 0.15) is 18.2 Å². The van der Waals surface area contributed by atoms with E-state index >= 15 is 0 Å². The van der Waals surface area contributed by atoms with Gasteiger partial charge in [0.2, 0.25) is 5.69 Å². The minimum atomic E-state index is 0.954. The van der Waals surface area contributed by atoms with Crippen LogP contribution < -0.4 is 4.57 Å². The first-order valence-corrected chi connectivity index (χ1v) is 9.76. The number of pyridine rings is 1. The summed E-state index contributed by atoms with van der Waals surface area (Å²) in [7, 11) is 2.11. The van der Waals surface area contributed by atoms with Gasteiger partial charge in [-0.2, -0.15) is 0 Å². The molecule has 0 atom stereocenters. The molecular formula is C26H24NO+. The predicted octanol–water partition coefficient (Wildman–Crippen LogP) is 6.46. The van der Waals surface area contributed by atoms with E-state index < -0.39 is 0 Å². The van der Waals surface area contributed by atoms with Crippen molar-refractivity contribution in [3.63, 3.8) is 0 Å². The van der Waals surface area contributed by atoms with E-state index in [9.17, 15) is 0 Å². The Kier molecular flexibility index (Phi) is 3.60. The van der Waals surface area contributed by atoms with Crippen LogP contribution in [0.15, 0.2) is 59.1 Å². The van der Waals surface area contributed by atoms with E-state index in [1.807, 2.05) is 0 Å². The lowest BCUT2D eigenvalue weighted by molar-refractivity contribution is -0.660. The van der Waals surface area contributed by atoms with Crippen molar-refractivity contribution in [3.05, 3.63) is 77.0 Å². The number of aromatic nitrogens is 1. The normalized spacial score (nSPS) is 11.8. The van der Waals surface area contributed by atoms with Crippen molar-refractivity contribution in [3.8, 4) is 11.3 Å². The molecule has 28 heavy (non-hydrogen) atoms. The molecule has 0 aliphatic rings. The van der Waals surface area contributed by atoms with E-state index in [1.54, 1.807) is 0 Å². The lowest BCUT2D eigenvalue weighted by Gasteiger charge is -2.09. The fourth-order valence-corrected chi connectivity index (χ4v) is 4.45. The summed E-state index contributed by atoms with van der Waals surface area (Å²) in [5.41, 5.74) is 9.41. The highest BCUT2D eigenvalue weighted by atomic mass is 16.3. The minimum absolute atomic E-state index is 0.954. The number of fused-ring (bicyclic) bond motifs is 4. The average Bonchev–Trinajstić information content (AvgIpc) is 3.02. The maximum absolute atomic E-state index is 6.52. The van der Waals surface area contributed by atoms with Gasteiger partial charge < -0.3 is 4.42 Å². The quantitative estimate of drug-likeness (QED) is 0.311. The van der Waals surface area contributed by atoms with Gasteiger partial charge >= 0.3 is 0 Å². The summed E-state index contributed by atoms with van der Waals surface area (Å²) in [6, 6.07) is 17.5. The van der Waals surface area contributed by atoms with Crippen LogP contribution in [-0.2, 0) is 7.05 Å². The van der Waals surface area contributed by atoms with Crippen LogP contribution in [0.5, 0.6) is 0 Å². The molecule has 0 bridgehead atoms. The van der Waals surface area contributed by atoms with Crippen LogP contribution in [0.4, 0.5) is 0 Å². The van der Waals surface area contributed by atoms with E-state index in [-0.39, 0.29) is 0 Å². The Hall–Kier alpha value is -3.13. The van der Waals surface area contributed by atoms with Crippen LogP contribution in [0.3, 0.4) is 0 Å². The zero-order valence-electron chi connectivity index (χ0n) is 17.1. The summed E-state index contributed by atoms with van der Waals surface area (Å²) in [5.74, 6) is 0. The second-order valence-corrected chi connectivity index (χ2v) is 8.02. The van der Waals surface area contributed by atoms with Gasteiger partial charge in [0.25, 0.3) is 0 Å². The Morgan fingerprint density at radius 1 is 0.750 bits per heavy atom. The largest absolute Gasteiger partial charge is 0.455 e. The predicted molar refractivity (Wildman–Crippen MR) is 117 cm³/mol. The van der Waals surface area contributed by atoms with E-state index in [0.29, 0.717) is 0 Å². The van der Waals surface area contributed by atoms with Gasteiger partial charge in [-0.3, -0.25) is 0 Å². The molecular weight excluding hydrogens is 342 g/mol. The standard InChI is InChI=1S/C26H24NO/c1-15-11-22(27(5)14-18(15)4)25-17(3)10-16(2)24-21-12-19-8-6-7-9-20(19)13-23(21)28-26(24)25/h6-14H,1-5H3/q+1. The highest BCUT2D eigenvalue weighted by molar-refractivity contribution is 6.14. The Bertz CT molecular complexity index is 1410. The van der Waals surface area contributed by atoms with Crippen LogP contribution in [0, 0.1) is 27.7 Å². The molecule has 0 spiro atoms. The van der Waals surface area contributed by atoms with E-state index in [0.717, 1.165) is 11.2 Å². The van der Waals surface area contributed by atoms with Crippen molar-refractivity contribution in [1.29, 1.82) is 0 Å². The molecule has 0 amide bonds. The Morgan fingerprint density at radius 3 is 2.21 bits per heavy atom. The third-order valence-corrected chi connectivity index (χ3v) is 6.00. The number of aryl methyl sites for hydroxylation is 5. The van der Waals surface area contributed by atoms with Crippen LogP contribution in [0.1, 0.15) is 22.3 Å². The molecule has 5 rings (SSSR count). The van der Waals surface area contributed by atoms with E-state index in [1.165, 1.54) is 55.1 Å². The van der Waals surface area contributed by atoms with Crippen molar-refractivity contribution in [1.82, 2.24) is 0 Å². The first-order valence-electron chi connectivity index (χ1n) is 9.76. The minimum Gasteiger partial charge on any atom is -0.455 e. The van der Waals surface area contributed by atoms with Crippen LogP contribution in [0.2, 0.25) is 0 Å². The first kappa shape index (κ1) is 17.0. The zero-order valence-corrected chi connectivity index (χ0v) is 17.1. The topological polar surface area (TPSA) is 17.0 Å². The second-order valence-electron chi connectivity index (χ2n) is 8.02. The molecule has 0 aliphatic heterocycles. The number of nitrogens with zero attached hydrogens (tertiary/aromatic N) is 1. The third kappa shape index (κ3) is 2.37. The summed E-state index contributed by atoms with van der Waals surface area (Å²) in [6.07, 6.45) is 2.20. The summed E-state index contributed by atoms with van der Waals surface area (Å²) in [5, 5.41) is 4.87. The molecule has 2 nitrogen and oxygen atoms in total. The molecule has 2 aromatic heterocycles. The number of hydrogen-bond donors (Lipinski definition) is 0. The van der Waals surface area contributed by atoms with Crippen LogP contribution >= 0.6 is 0 Å². The molecule has 0 radical (unpaired) electrons. The smallest absolute Gasteiger partial charge is 0.216 e. The Labute approximate surface area is 165 Å². The molecule has 0 saturated heterocycles. The van der Waals surface area contributed by atoms with Gasteiger partial charge in [-0.05, 0) is 67.3 Å². The SMILES string of the molecule is Cc1cc(-c2c(C)cc(C)c3c2oc2cc4ccccc4cc23)[n+](C)cc1C. The van der Waals surface area contributed by atoms with Gasteiger partial charge in [-0.25, -0.2) is 4.57 Å². The molecule has 5 aromatic rings. The van der Waals surface area contributed by atoms with Crippen molar-refractivity contribution in [2.75, 3.05) is 0 Å². The monoisotopic (exact) mass is 366 g/mol. The average molecular weight is 366 g/mol. The second kappa shape index (κ2) is 5.93. The molecule has 2 heterocycles. The highest BCUT2D eigenvalue weighted by Gasteiger charge is 2.23. The fraction of sp³-hybridized carbons (Fsp3) is 0.192. The van der Waals surface area contributed by atoms with Crippen molar-refractivity contribution < 1.29 is 8.98 Å². The molecule has 138 valence electrons. The molecule has 0 aliphatic carbocycles. The van der Waals surface area contributed by atoms with Gasteiger partial charge in [0.15, 0.2) is 6.20 Å². The molecule has 2 heteroatoms. The van der Waals surface area contributed by atoms with Crippen LogP contribution in [-0.4, -0.2) is 0 Å². The molecule has 0 fully saturated rings. The summed E-state index contributed by atoms with van der Waals surface area (Å²) in [4.78, 5) is 0. The molecule has 0 unspecified atom stereocenters. The lowest BCUT2D eigenvalue weighted by atomic mass is 9.95. The zero-order chi connectivity index (χ0) is 19.6. The molecule has 0 saturated carbocycles. The number of rotatable bonds is 1. The number of furan rings is 1. The Balaban J connectivity index is 1.95. The fourth-order valence-electron chi connectivity index (χ4n) is 4.45. The summed E-state index contributed by atoms with van der Waals surface area (Å²) in [6.45, 7) is 8.69. The lowest BCUT2D eigenvalue weighted by Crippen LogP contribution is -2.31. The van der Waals surface area contributed by atoms with Gasteiger partial charge in [-0.15, -0.1) is 0 Å². The molecule has 0 N–H and O–H groups in total. The van der Waals surface area contributed by atoms with Crippen LogP contribution in [0.25, 0.3) is 44.0 Å². The number of benzene rings is 3. The van der Waals surface area contributed by atoms with E-state index in [2.05, 4.69) is 94.0 Å². The van der Waals surface area contributed by atoms with E-state index in [4.69, 9.17) is 4.42 Å². The maximum atomic E-state index is 6.52. The van der Waals surface area contributed by atoms with Gasteiger partial charge in [0, 0.05) is 22.4 Å². The van der Waals surface area contributed by atoms with Gasteiger partial charge in [0.05, 0.1) is 5.56 Å². The third-order valence-electron chi connectivity index (χ3n) is 6.00. The van der Waals surface area contributed by atoms with Crippen molar-refractivity contribution in [2.24, 2.45) is 7.05 Å². The van der Waals surface area contributed by atoms with Gasteiger partial charge in [-0.1, -0.05) is 30.3 Å². The highest BCUT2D eigenvalue weighted by Crippen LogP contribution is 2.40.